The Kier molecular flexibility index (Phi) is 4.66. The number of nitrogens with one attached hydrogen (secondary N) is 1. The summed E-state index contributed by atoms with van der Waals surface area (Å²) < 4.78 is 5.54. The number of carbonyl (C=O) groups excluding carboxylic acids is 1. The van der Waals surface area contributed by atoms with Crippen LogP contribution in [-0.4, -0.2) is 35.9 Å². The van der Waals surface area contributed by atoms with Gasteiger partial charge in [0.15, 0.2) is 0 Å². The van der Waals surface area contributed by atoms with Crippen LogP contribution in [0.2, 0.25) is 0 Å². The van der Waals surface area contributed by atoms with Gasteiger partial charge in [-0.25, -0.2) is 0 Å². The number of ether oxygens (including phenoxy) is 1. The van der Waals surface area contributed by atoms with E-state index in [1.165, 1.54) is 0 Å². The van der Waals surface area contributed by atoms with Crippen molar-refractivity contribution in [2.24, 2.45) is 0 Å². The highest BCUT2D eigenvalue weighted by Gasteiger charge is 2.38. The first kappa shape index (κ1) is 15.6. The Bertz CT molecular complexity index is 600. The van der Waals surface area contributed by atoms with E-state index in [4.69, 9.17) is 9.84 Å². The lowest BCUT2D eigenvalue weighted by Crippen LogP contribution is -2.50. The standard InChI is InChI=1S/C17H21NO3/c1-12-9-14(5-4-7-19)11-15(10-12)16(20)18-17(3)6-8-21-13(17)2/h9-11,13,19H,6-8H2,1-3H3,(H,18,20). The van der Waals surface area contributed by atoms with Crippen molar-refractivity contribution < 1.29 is 14.6 Å². The average Bonchev–Trinajstić information content (AvgIpc) is 2.75. The molecule has 2 atom stereocenters. The third kappa shape index (κ3) is 3.63. The third-order valence-corrected chi connectivity index (χ3v) is 3.94. The van der Waals surface area contributed by atoms with Crippen molar-refractivity contribution in [1.29, 1.82) is 0 Å². The molecular formula is C17H21NO3. The molecule has 1 aromatic rings. The fraction of sp³-hybridized carbons (Fsp3) is 0.471. The average molecular weight is 287 g/mol. The minimum Gasteiger partial charge on any atom is -0.384 e. The third-order valence-electron chi connectivity index (χ3n) is 3.94. The van der Waals surface area contributed by atoms with Crippen molar-refractivity contribution in [1.82, 2.24) is 5.32 Å². The van der Waals surface area contributed by atoms with Gasteiger partial charge in [0.2, 0.25) is 0 Å². The molecule has 0 radical (unpaired) electrons. The maximum Gasteiger partial charge on any atom is 0.251 e. The maximum absolute atomic E-state index is 12.5. The normalized spacial score (nSPS) is 24.3. The minimum atomic E-state index is -0.336. The monoisotopic (exact) mass is 287 g/mol. The quantitative estimate of drug-likeness (QED) is 0.813. The predicted molar refractivity (Wildman–Crippen MR) is 81.0 cm³/mol. The molecule has 21 heavy (non-hydrogen) atoms. The molecule has 2 N–H and O–H groups in total. The Morgan fingerprint density at radius 1 is 1.52 bits per heavy atom. The second-order valence-electron chi connectivity index (χ2n) is 5.68. The molecule has 1 saturated heterocycles. The molecule has 1 aromatic carbocycles. The summed E-state index contributed by atoms with van der Waals surface area (Å²) in [5.74, 6) is 5.32. The van der Waals surface area contributed by atoms with Gasteiger partial charge < -0.3 is 15.2 Å². The molecule has 4 nitrogen and oxygen atoms in total. The van der Waals surface area contributed by atoms with E-state index < -0.39 is 0 Å². The summed E-state index contributed by atoms with van der Waals surface area (Å²) in [6.07, 6.45) is 0.808. The molecule has 0 aromatic heterocycles. The molecule has 4 heteroatoms. The second kappa shape index (κ2) is 6.30. The minimum absolute atomic E-state index is 0.0000832. The van der Waals surface area contributed by atoms with Crippen molar-refractivity contribution in [3.8, 4) is 11.8 Å². The zero-order valence-corrected chi connectivity index (χ0v) is 12.7. The number of carbonyl (C=O) groups is 1. The van der Waals surface area contributed by atoms with E-state index in [0.717, 1.165) is 17.5 Å². The first-order chi connectivity index (χ1) is 9.94. The highest BCUT2D eigenvalue weighted by atomic mass is 16.5. The number of aliphatic hydroxyl groups excluding tert-OH is 1. The van der Waals surface area contributed by atoms with E-state index in [1.54, 1.807) is 6.07 Å². The van der Waals surface area contributed by atoms with E-state index in [2.05, 4.69) is 17.2 Å². The molecule has 2 unspecified atom stereocenters. The van der Waals surface area contributed by atoms with E-state index in [1.807, 2.05) is 32.9 Å². The lowest BCUT2D eigenvalue weighted by Gasteiger charge is -2.29. The highest BCUT2D eigenvalue weighted by Crippen LogP contribution is 2.25. The first-order valence-electron chi connectivity index (χ1n) is 7.10. The Morgan fingerprint density at radius 2 is 2.29 bits per heavy atom. The summed E-state index contributed by atoms with van der Waals surface area (Å²) in [5, 5.41) is 11.8. The summed E-state index contributed by atoms with van der Waals surface area (Å²) in [4.78, 5) is 12.5. The zero-order valence-electron chi connectivity index (χ0n) is 12.7. The Morgan fingerprint density at radius 3 is 2.90 bits per heavy atom. The van der Waals surface area contributed by atoms with E-state index in [0.29, 0.717) is 12.2 Å². The molecule has 1 aliphatic heterocycles. The molecule has 1 amide bonds. The van der Waals surface area contributed by atoms with Crippen LogP contribution in [0.1, 0.15) is 41.8 Å². The smallest absolute Gasteiger partial charge is 0.251 e. The van der Waals surface area contributed by atoms with Crippen LogP contribution in [0, 0.1) is 18.8 Å². The number of benzene rings is 1. The van der Waals surface area contributed by atoms with Gasteiger partial charge in [0, 0.05) is 17.7 Å². The molecule has 0 spiro atoms. The molecule has 1 heterocycles. The largest absolute Gasteiger partial charge is 0.384 e. The number of hydrogen-bond acceptors (Lipinski definition) is 3. The number of aliphatic hydroxyl groups is 1. The topological polar surface area (TPSA) is 58.6 Å². The molecule has 0 saturated carbocycles. The van der Waals surface area contributed by atoms with Crippen LogP contribution in [0.3, 0.4) is 0 Å². The van der Waals surface area contributed by atoms with Crippen LogP contribution in [0.4, 0.5) is 0 Å². The van der Waals surface area contributed by atoms with E-state index in [-0.39, 0.29) is 24.2 Å². The zero-order chi connectivity index (χ0) is 15.5. The summed E-state index contributed by atoms with van der Waals surface area (Å²) >= 11 is 0. The highest BCUT2D eigenvalue weighted by molar-refractivity contribution is 5.95. The summed E-state index contributed by atoms with van der Waals surface area (Å²) in [7, 11) is 0. The van der Waals surface area contributed by atoms with Gasteiger partial charge in [-0.3, -0.25) is 4.79 Å². The van der Waals surface area contributed by atoms with Crippen molar-refractivity contribution in [2.45, 2.75) is 38.8 Å². The van der Waals surface area contributed by atoms with Crippen LogP contribution in [0.15, 0.2) is 18.2 Å². The van der Waals surface area contributed by atoms with Crippen molar-refractivity contribution >= 4 is 5.91 Å². The van der Waals surface area contributed by atoms with Gasteiger partial charge in [0.1, 0.15) is 6.61 Å². The number of rotatable bonds is 2. The van der Waals surface area contributed by atoms with E-state index >= 15 is 0 Å². The van der Waals surface area contributed by atoms with Crippen LogP contribution in [0.25, 0.3) is 0 Å². The van der Waals surface area contributed by atoms with Crippen molar-refractivity contribution in [3.05, 3.63) is 34.9 Å². The van der Waals surface area contributed by atoms with Crippen molar-refractivity contribution in [2.75, 3.05) is 13.2 Å². The molecule has 0 bridgehead atoms. The summed E-state index contributed by atoms with van der Waals surface area (Å²) in [6, 6.07) is 5.47. The maximum atomic E-state index is 12.5. The first-order valence-corrected chi connectivity index (χ1v) is 7.10. The number of amides is 1. The van der Waals surface area contributed by atoms with Gasteiger partial charge in [-0.05, 0) is 51.0 Å². The second-order valence-corrected chi connectivity index (χ2v) is 5.68. The van der Waals surface area contributed by atoms with Gasteiger partial charge in [-0.2, -0.15) is 0 Å². The lowest BCUT2D eigenvalue weighted by atomic mass is 9.94. The molecule has 1 aliphatic rings. The van der Waals surface area contributed by atoms with Gasteiger partial charge in [0.05, 0.1) is 11.6 Å². The molecular weight excluding hydrogens is 266 g/mol. The van der Waals surface area contributed by atoms with Crippen LogP contribution < -0.4 is 5.32 Å². The Labute approximate surface area is 125 Å². The Balaban J connectivity index is 2.21. The van der Waals surface area contributed by atoms with Crippen LogP contribution >= 0.6 is 0 Å². The number of hydrogen-bond donors (Lipinski definition) is 2. The molecule has 2 rings (SSSR count). The van der Waals surface area contributed by atoms with Crippen LogP contribution in [-0.2, 0) is 4.74 Å². The van der Waals surface area contributed by atoms with Crippen molar-refractivity contribution in [3.63, 3.8) is 0 Å². The Hall–Kier alpha value is -1.83. The van der Waals surface area contributed by atoms with Crippen LogP contribution in [0.5, 0.6) is 0 Å². The summed E-state index contributed by atoms with van der Waals surface area (Å²) in [5.41, 5.74) is 1.94. The van der Waals surface area contributed by atoms with E-state index in [9.17, 15) is 4.79 Å². The summed E-state index contributed by atoms with van der Waals surface area (Å²) in [6.45, 7) is 6.37. The van der Waals surface area contributed by atoms with Gasteiger partial charge in [-0.15, -0.1) is 0 Å². The molecule has 0 aliphatic carbocycles. The fourth-order valence-corrected chi connectivity index (χ4v) is 2.46. The molecule has 1 fully saturated rings. The predicted octanol–water partition coefficient (Wildman–Crippen LogP) is 1.64. The number of aryl methyl sites for hydroxylation is 1. The molecule has 112 valence electrons. The lowest BCUT2D eigenvalue weighted by molar-refractivity contribution is 0.0727. The fourth-order valence-electron chi connectivity index (χ4n) is 2.46. The van der Waals surface area contributed by atoms with Gasteiger partial charge >= 0.3 is 0 Å². The van der Waals surface area contributed by atoms with Gasteiger partial charge in [0.25, 0.3) is 5.91 Å². The van der Waals surface area contributed by atoms with Gasteiger partial charge in [-0.1, -0.05) is 11.8 Å². The SMILES string of the molecule is Cc1cc(C#CCO)cc(C(=O)NC2(C)CCOC2C)c1.